The summed E-state index contributed by atoms with van der Waals surface area (Å²) in [6, 6.07) is 0. The fourth-order valence-corrected chi connectivity index (χ4v) is 7.39. The number of fused-ring (bicyclic) bond motifs is 5. The van der Waals surface area contributed by atoms with Crippen molar-refractivity contribution in [3.05, 3.63) is 23.8 Å². The molecule has 0 amide bonds. The molecule has 0 saturated heterocycles. The molecule has 4 rings (SSSR count). The Morgan fingerprint density at radius 1 is 1.30 bits per heavy atom. The first-order valence-electron chi connectivity index (χ1n) is 10.5. The highest BCUT2D eigenvalue weighted by Gasteiger charge is 2.68. The molecule has 0 aliphatic heterocycles. The molecule has 3 saturated carbocycles. The second-order valence-corrected chi connectivity index (χ2v) is 11.6. The summed E-state index contributed by atoms with van der Waals surface area (Å²) in [6.45, 7) is 3.21. The molecule has 0 spiro atoms. The van der Waals surface area contributed by atoms with Gasteiger partial charge in [-0.2, -0.15) is 8.42 Å². The number of ketones is 2. The average molecular weight is 439 g/mol. The van der Waals surface area contributed by atoms with E-state index in [2.05, 4.69) is 11.1 Å². The number of allylic oxidation sites excluding steroid dienone is 4. The second-order valence-electron chi connectivity index (χ2n) is 10.0. The molecule has 4 aliphatic carbocycles. The molecule has 7 nitrogen and oxygen atoms in total. The summed E-state index contributed by atoms with van der Waals surface area (Å²) >= 11 is 0. The maximum atomic E-state index is 12.9. The molecule has 30 heavy (non-hydrogen) atoms. The summed E-state index contributed by atoms with van der Waals surface area (Å²) < 4.78 is 27.3. The maximum Gasteiger partial charge on any atom is 0.264 e. The monoisotopic (exact) mass is 438 g/mol. The first-order valence-corrected chi connectivity index (χ1v) is 12.4. The van der Waals surface area contributed by atoms with Crippen molar-refractivity contribution >= 4 is 21.7 Å². The zero-order valence-electron chi connectivity index (χ0n) is 17.6. The standard InChI is InChI=1S/C22H30O7S/c1-20-8-6-14(23)10-13(20)4-5-15-16-7-9-22(26,18(25)12-29-30(3,27)28)21(16,2)11-17(24)19(15)20/h6,8,10,15-17,19,24,26H,4-5,7,9,11-12H2,1-3H3/t15-,16+,17+,19+,20-,21-,22-/m0/s1. The fraction of sp³-hybridized carbons (Fsp3) is 0.727. The molecule has 0 aromatic heterocycles. The van der Waals surface area contributed by atoms with E-state index in [0.717, 1.165) is 24.7 Å². The fourth-order valence-electron chi connectivity index (χ4n) is 7.07. The second kappa shape index (κ2) is 6.82. The Balaban J connectivity index is 1.66. The Labute approximate surface area is 177 Å². The minimum absolute atomic E-state index is 0.0162. The van der Waals surface area contributed by atoms with Crippen molar-refractivity contribution in [2.24, 2.45) is 28.6 Å². The molecule has 0 unspecified atom stereocenters. The molecule has 4 aliphatic rings. The number of aliphatic hydroxyl groups excluding tert-OH is 1. The lowest BCUT2D eigenvalue weighted by molar-refractivity contribution is -0.177. The van der Waals surface area contributed by atoms with E-state index in [0.29, 0.717) is 6.42 Å². The number of carbonyl (C=O) groups is 2. The zero-order chi connectivity index (χ0) is 22.1. The number of Topliss-reactive ketones (excluding diaryl/α,β-unsaturated/α-hetero) is 1. The van der Waals surface area contributed by atoms with Crippen LogP contribution in [-0.2, 0) is 23.9 Å². The van der Waals surface area contributed by atoms with Gasteiger partial charge < -0.3 is 10.2 Å². The van der Waals surface area contributed by atoms with Crippen LogP contribution in [-0.4, -0.2) is 54.8 Å². The van der Waals surface area contributed by atoms with Crippen LogP contribution in [0.4, 0.5) is 0 Å². The highest BCUT2D eigenvalue weighted by Crippen LogP contribution is 2.67. The summed E-state index contributed by atoms with van der Waals surface area (Å²) in [5, 5.41) is 22.7. The Bertz CT molecular complexity index is 951. The Morgan fingerprint density at radius 2 is 2.00 bits per heavy atom. The van der Waals surface area contributed by atoms with Gasteiger partial charge in [-0.1, -0.05) is 25.5 Å². The van der Waals surface area contributed by atoms with Crippen LogP contribution >= 0.6 is 0 Å². The van der Waals surface area contributed by atoms with Crippen molar-refractivity contribution in [2.45, 2.75) is 57.7 Å². The molecule has 166 valence electrons. The van der Waals surface area contributed by atoms with E-state index in [1.54, 1.807) is 12.2 Å². The van der Waals surface area contributed by atoms with Crippen molar-refractivity contribution in [1.82, 2.24) is 0 Å². The van der Waals surface area contributed by atoms with E-state index in [4.69, 9.17) is 0 Å². The minimum atomic E-state index is -3.80. The normalized spacial score (nSPS) is 45.4. The molecular weight excluding hydrogens is 408 g/mol. The molecule has 0 aromatic carbocycles. The number of aliphatic hydroxyl groups is 2. The highest BCUT2D eigenvalue weighted by molar-refractivity contribution is 7.86. The van der Waals surface area contributed by atoms with E-state index in [9.17, 15) is 28.2 Å². The lowest BCUT2D eigenvalue weighted by Gasteiger charge is -2.59. The van der Waals surface area contributed by atoms with Crippen LogP contribution in [0.3, 0.4) is 0 Å². The van der Waals surface area contributed by atoms with E-state index >= 15 is 0 Å². The zero-order valence-corrected chi connectivity index (χ0v) is 18.4. The van der Waals surface area contributed by atoms with Crippen LogP contribution in [0.15, 0.2) is 23.8 Å². The van der Waals surface area contributed by atoms with Crippen LogP contribution in [0.2, 0.25) is 0 Å². The van der Waals surface area contributed by atoms with Gasteiger partial charge in [-0.15, -0.1) is 0 Å². The van der Waals surface area contributed by atoms with Gasteiger partial charge in [0.25, 0.3) is 10.1 Å². The van der Waals surface area contributed by atoms with Gasteiger partial charge in [-0.25, -0.2) is 0 Å². The third-order valence-electron chi connectivity index (χ3n) is 8.51. The predicted molar refractivity (Wildman–Crippen MR) is 109 cm³/mol. The smallest absolute Gasteiger partial charge is 0.264 e. The third-order valence-corrected chi connectivity index (χ3v) is 9.06. The van der Waals surface area contributed by atoms with Gasteiger partial charge in [-0.3, -0.25) is 13.8 Å². The van der Waals surface area contributed by atoms with E-state index in [1.165, 1.54) is 0 Å². The van der Waals surface area contributed by atoms with Crippen molar-refractivity contribution < 1.29 is 32.4 Å². The van der Waals surface area contributed by atoms with Crippen LogP contribution in [0.1, 0.15) is 46.0 Å². The van der Waals surface area contributed by atoms with Gasteiger partial charge in [0.1, 0.15) is 12.2 Å². The Kier molecular flexibility index (Phi) is 4.97. The number of rotatable bonds is 4. The lowest BCUT2D eigenvalue weighted by Crippen LogP contribution is -2.61. The van der Waals surface area contributed by atoms with Gasteiger partial charge in [0, 0.05) is 16.7 Å². The molecular formula is C22H30O7S. The molecule has 0 bridgehead atoms. The van der Waals surface area contributed by atoms with Crippen molar-refractivity contribution in [3.63, 3.8) is 0 Å². The predicted octanol–water partition coefficient (Wildman–Crippen LogP) is 1.54. The molecule has 8 heteroatoms. The highest BCUT2D eigenvalue weighted by atomic mass is 32.2. The Morgan fingerprint density at radius 3 is 2.67 bits per heavy atom. The summed E-state index contributed by atoms with van der Waals surface area (Å²) in [6.07, 6.45) is 7.92. The van der Waals surface area contributed by atoms with E-state index in [-0.39, 0.29) is 36.4 Å². The first kappa shape index (κ1) is 21.9. The summed E-state index contributed by atoms with van der Waals surface area (Å²) in [4.78, 5) is 24.8. The van der Waals surface area contributed by atoms with Crippen molar-refractivity contribution in [2.75, 3.05) is 12.9 Å². The van der Waals surface area contributed by atoms with E-state index < -0.39 is 45.0 Å². The van der Waals surface area contributed by atoms with Crippen molar-refractivity contribution in [1.29, 1.82) is 0 Å². The summed E-state index contributed by atoms with van der Waals surface area (Å²) in [7, 11) is -3.80. The SMILES string of the molecule is C[C@]12C=CC(=O)C=C1CC[C@@H]1[C@@H]2[C@H](O)C[C@@]2(C)[C@@H]1CC[C@]2(O)C(=O)COS(C)(=O)=O. The molecule has 2 N–H and O–H groups in total. The van der Waals surface area contributed by atoms with Gasteiger partial charge in [0.05, 0.1) is 12.4 Å². The van der Waals surface area contributed by atoms with Gasteiger partial charge in [0.15, 0.2) is 11.6 Å². The van der Waals surface area contributed by atoms with Crippen LogP contribution in [0.5, 0.6) is 0 Å². The number of carbonyl (C=O) groups excluding carboxylic acids is 2. The van der Waals surface area contributed by atoms with Crippen LogP contribution < -0.4 is 0 Å². The topological polar surface area (TPSA) is 118 Å². The van der Waals surface area contributed by atoms with Crippen LogP contribution in [0, 0.1) is 28.6 Å². The van der Waals surface area contributed by atoms with E-state index in [1.807, 2.05) is 13.0 Å². The largest absolute Gasteiger partial charge is 0.393 e. The molecule has 0 aromatic rings. The Hall–Kier alpha value is -1.35. The van der Waals surface area contributed by atoms with Gasteiger partial charge in [0.2, 0.25) is 0 Å². The molecule has 3 fully saturated rings. The van der Waals surface area contributed by atoms with Gasteiger partial charge in [-0.05, 0) is 56.1 Å². The number of hydrogen-bond acceptors (Lipinski definition) is 7. The van der Waals surface area contributed by atoms with Crippen LogP contribution in [0.25, 0.3) is 0 Å². The lowest BCUT2D eigenvalue weighted by atomic mass is 9.46. The molecule has 7 atom stereocenters. The number of hydrogen-bond donors (Lipinski definition) is 2. The molecule has 0 radical (unpaired) electrons. The quantitative estimate of drug-likeness (QED) is 0.639. The van der Waals surface area contributed by atoms with Crippen molar-refractivity contribution in [3.8, 4) is 0 Å². The first-order chi connectivity index (χ1) is 13.8. The molecule has 0 heterocycles. The summed E-state index contributed by atoms with van der Waals surface area (Å²) in [5.74, 6) is -0.652. The average Bonchev–Trinajstić information content (AvgIpc) is 2.91. The third kappa shape index (κ3) is 3.06. The summed E-state index contributed by atoms with van der Waals surface area (Å²) in [5.41, 5.74) is -1.97. The maximum absolute atomic E-state index is 12.9. The minimum Gasteiger partial charge on any atom is -0.393 e. The van der Waals surface area contributed by atoms with Gasteiger partial charge >= 0.3 is 0 Å².